The van der Waals surface area contributed by atoms with Crippen LogP contribution in [0.4, 0.5) is 4.79 Å². The number of rotatable bonds is 7. The van der Waals surface area contributed by atoms with E-state index in [4.69, 9.17) is 4.74 Å². The summed E-state index contributed by atoms with van der Waals surface area (Å²) in [5.74, 6) is -0.425. The van der Waals surface area contributed by atoms with Gasteiger partial charge in [-0.25, -0.2) is 9.59 Å². The van der Waals surface area contributed by atoms with E-state index in [0.29, 0.717) is 18.1 Å². The number of amides is 2. The molecule has 1 atom stereocenters. The van der Waals surface area contributed by atoms with Gasteiger partial charge in [-0.3, -0.25) is 4.79 Å². The van der Waals surface area contributed by atoms with Crippen molar-refractivity contribution in [3.63, 3.8) is 0 Å². The van der Waals surface area contributed by atoms with E-state index >= 15 is 0 Å². The van der Waals surface area contributed by atoms with Crippen LogP contribution >= 0.6 is 11.8 Å². The summed E-state index contributed by atoms with van der Waals surface area (Å²) in [6, 6.07) is 15.5. The number of carboxylic acid groups (broad SMARTS) is 1. The molecular weight excluding hydrogens is 440 g/mol. The average Bonchev–Trinajstić information content (AvgIpc) is 3.39. The van der Waals surface area contributed by atoms with Gasteiger partial charge >= 0.3 is 12.1 Å². The van der Waals surface area contributed by atoms with E-state index in [9.17, 15) is 19.5 Å². The number of benzene rings is 2. The predicted molar refractivity (Wildman–Crippen MR) is 127 cm³/mol. The van der Waals surface area contributed by atoms with Crippen LogP contribution in [0.2, 0.25) is 0 Å². The summed E-state index contributed by atoms with van der Waals surface area (Å²) in [4.78, 5) is 37.8. The maximum absolute atomic E-state index is 12.6. The molecule has 0 spiro atoms. The van der Waals surface area contributed by atoms with Gasteiger partial charge < -0.3 is 20.1 Å². The quantitative estimate of drug-likeness (QED) is 0.636. The van der Waals surface area contributed by atoms with Crippen molar-refractivity contribution in [2.75, 3.05) is 18.2 Å². The second kappa shape index (κ2) is 9.47. The van der Waals surface area contributed by atoms with Crippen molar-refractivity contribution in [2.24, 2.45) is 0 Å². The van der Waals surface area contributed by atoms with Crippen molar-refractivity contribution >= 4 is 29.7 Å². The van der Waals surface area contributed by atoms with Crippen molar-refractivity contribution in [1.82, 2.24) is 10.2 Å². The third-order valence-corrected chi connectivity index (χ3v) is 7.25. The number of carboxylic acids is 1. The van der Waals surface area contributed by atoms with Gasteiger partial charge in [0.05, 0.1) is 5.88 Å². The van der Waals surface area contributed by atoms with Gasteiger partial charge in [-0.1, -0.05) is 48.5 Å². The molecule has 0 saturated carbocycles. The number of aliphatic carboxylic acids is 1. The highest BCUT2D eigenvalue weighted by Gasteiger charge is 2.35. The highest BCUT2D eigenvalue weighted by Crippen LogP contribution is 2.44. The maximum atomic E-state index is 12.6. The fourth-order valence-electron chi connectivity index (χ4n) is 4.43. The number of fused-ring (bicyclic) bond motifs is 3. The molecule has 4 rings (SSSR count). The Balaban J connectivity index is 1.31. The molecule has 2 aliphatic rings. The standard InChI is InChI=1S/C25H28N2O5S/c1-25(2,12-11-22(28)27-15-33-14-21(27)23(29)30)26-24(31)32-13-20-18-9-5-3-7-16(18)17-8-4-6-10-19(17)20/h3-10,20-21H,11-15H2,1-2H3,(H,26,31)(H,29,30). The van der Waals surface area contributed by atoms with Gasteiger partial charge in [-0.05, 0) is 42.5 Å². The van der Waals surface area contributed by atoms with E-state index in [1.165, 1.54) is 27.8 Å². The van der Waals surface area contributed by atoms with E-state index in [1.807, 2.05) is 38.1 Å². The first-order valence-corrected chi connectivity index (χ1v) is 12.2. The van der Waals surface area contributed by atoms with Crippen LogP contribution < -0.4 is 5.32 Å². The minimum Gasteiger partial charge on any atom is -0.480 e. The minimum atomic E-state index is -0.982. The van der Waals surface area contributed by atoms with Crippen LogP contribution in [0.5, 0.6) is 0 Å². The van der Waals surface area contributed by atoms with Crippen LogP contribution in [0.3, 0.4) is 0 Å². The van der Waals surface area contributed by atoms with Crippen molar-refractivity contribution in [1.29, 1.82) is 0 Å². The molecule has 1 saturated heterocycles. The van der Waals surface area contributed by atoms with Gasteiger partial charge in [0.1, 0.15) is 12.6 Å². The molecule has 2 N–H and O–H groups in total. The molecule has 1 aliphatic heterocycles. The third kappa shape index (κ3) is 5.00. The molecular formula is C25H28N2O5S. The van der Waals surface area contributed by atoms with E-state index in [1.54, 1.807) is 0 Å². The van der Waals surface area contributed by atoms with Crippen LogP contribution in [0.15, 0.2) is 48.5 Å². The Morgan fingerprint density at radius 2 is 1.70 bits per heavy atom. The zero-order valence-corrected chi connectivity index (χ0v) is 19.6. The summed E-state index contributed by atoms with van der Waals surface area (Å²) in [5, 5.41) is 12.1. The van der Waals surface area contributed by atoms with Crippen LogP contribution in [-0.4, -0.2) is 57.8 Å². The van der Waals surface area contributed by atoms with Gasteiger partial charge in [0.15, 0.2) is 0 Å². The second-order valence-corrected chi connectivity index (χ2v) is 10.1. The number of alkyl carbamates (subject to hydrolysis) is 1. The summed E-state index contributed by atoms with van der Waals surface area (Å²) in [5.41, 5.74) is 3.95. The lowest BCUT2D eigenvalue weighted by atomic mass is 9.97. The Kier molecular flexibility index (Phi) is 6.65. The highest BCUT2D eigenvalue weighted by atomic mass is 32.2. The number of hydrogen-bond acceptors (Lipinski definition) is 5. The normalized spacial score (nSPS) is 17.4. The van der Waals surface area contributed by atoms with E-state index in [-0.39, 0.29) is 24.9 Å². The molecule has 1 heterocycles. The average molecular weight is 469 g/mol. The summed E-state index contributed by atoms with van der Waals surface area (Å²) in [7, 11) is 0. The first-order valence-electron chi connectivity index (χ1n) is 11.0. The van der Waals surface area contributed by atoms with Gasteiger partial charge in [0.2, 0.25) is 5.91 Å². The van der Waals surface area contributed by atoms with E-state index < -0.39 is 23.6 Å². The van der Waals surface area contributed by atoms with Gasteiger partial charge in [0, 0.05) is 23.6 Å². The first kappa shape index (κ1) is 23.2. The fourth-order valence-corrected chi connectivity index (χ4v) is 5.60. The molecule has 2 aromatic rings. The van der Waals surface area contributed by atoms with Crippen molar-refractivity contribution in [3.05, 3.63) is 59.7 Å². The molecule has 2 amide bonds. The Bertz CT molecular complexity index is 1020. The Morgan fingerprint density at radius 3 is 2.30 bits per heavy atom. The first-order chi connectivity index (χ1) is 15.8. The molecule has 0 aromatic heterocycles. The van der Waals surface area contributed by atoms with E-state index in [0.717, 1.165) is 11.1 Å². The molecule has 8 heteroatoms. The Labute approximate surface area is 197 Å². The second-order valence-electron chi connectivity index (χ2n) is 9.05. The summed E-state index contributed by atoms with van der Waals surface area (Å²) in [6.07, 6.45) is -0.000643. The summed E-state index contributed by atoms with van der Waals surface area (Å²) >= 11 is 1.43. The van der Waals surface area contributed by atoms with E-state index in [2.05, 4.69) is 29.6 Å². The number of nitrogens with zero attached hydrogens (tertiary/aromatic N) is 1. The molecule has 2 aromatic carbocycles. The zero-order chi connectivity index (χ0) is 23.6. The molecule has 7 nitrogen and oxygen atoms in total. The molecule has 0 bridgehead atoms. The highest BCUT2D eigenvalue weighted by molar-refractivity contribution is 7.99. The lowest BCUT2D eigenvalue weighted by Gasteiger charge is -2.28. The van der Waals surface area contributed by atoms with Crippen molar-refractivity contribution in [3.8, 4) is 11.1 Å². The SMILES string of the molecule is CC(C)(CCC(=O)N1CSCC1C(=O)O)NC(=O)OCC1c2ccccc2-c2ccccc21. The third-order valence-electron chi connectivity index (χ3n) is 6.24. The number of thioether (sulfide) groups is 1. The number of nitrogens with one attached hydrogen (secondary N) is 1. The molecule has 1 unspecified atom stereocenters. The Morgan fingerprint density at radius 1 is 1.09 bits per heavy atom. The fraction of sp³-hybridized carbons (Fsp3) is 0.400. The minimum absolute atomic E-state index is 0.0199. The largest absolute Gasteiger partial charge is 0.480 e. The molecule has 174 valence electrons. The van der Waals surface area contributed by atoms with Crippen LogP contribution in [-0.2, 0) is 14.3 Å². The molecule has 1 fully saturated rings. The summed E-state index contributed by atoms with van der Waals surface area (Å²) in [6.45, 7) is 3.88. The smallest absolute Gasteiger partial charge is 0.407 e. The number of ether oxygens (including phenoxy) is 1. The zero-order valence-electron chi connectivity index (χ0n) is 18.7. The maximum Gasteiger partial charge on any atom is 0.407 e. The van der Waals surface area contributed by atoms with Crippen LogP contribution in [0, 0.1) is 0 Å². The van der Waals surface area contributed by atoms with Gasteiger partial charge in [-0.15, -0.1) is 11.8 Å². The van der Waals surface area contributed by atoms with Crippen molar-refractivity contribution in [2.45, 2.75) is 44.2 Å². The number of carbonyl (C=O) groups excluding carboxylic acids is 2. The van der Waals surface area contributed by atoms with Crippen LogP contribution in [0.1, 0.15) is 43.7 Å². The van der Waals surface area contributed by atoms with Crippen molar-refractivity contribution < 1.29 is 24.2 Å². The van der Waals surface area contributed by atoms with Gasteiger partial charge in [-0.2, -0.15) is 0 Å². The molecule has 1 aliphatic carbocycles. The van der Waals surface area contributed by atoms with Crippen LogP contribution in [0.25, 0.3) is 11.1 Å². The molecule has 0 radical (unpaired) electrons. The number of hydrogen-bond donors (Lipinski definition) is 2. The Hall–Kier alpha value is -3.00. The van der Waals surface area contributed by atoms with Gasteiger partial charge in [0.25, 0.3) is 0 Å². The topological polar surface area (TPSA) is 95.9 Å². The lowest BCUT2D eigenvalue weighted by Crippen LogP contribution is -2.46. The monoisotopic (exact) mass is 468 g/mol. The number of carbonyl (C=O) groups is 3. The summed E-state index contributed by atoms with van der Waals surface area (Å²) < 4.78 is 5.60. The lowest BCUT2D eigenvalue weighted by molar-refractivity contribution is -0.147. The molecule has 33 heavy (non-hydrogen) atoms. The predicted octanol–water partition coefficient (Wildman–Crippen LogP) is 4.07.